The zero-order chi connectivity index (χ0) is 25.6. The predicted octanol–water partition coefficient (Wildman–Crippen LogP) is 6.07. The van der Waals surface area contributed by atoms with Gasteiger partial charge in [0.15, 0.2) is 0 Å². The van der Waals surface area contributed by atoms with Crippen LogP contribution in [0.4, 0.5) is 26.3 Å². The van der Waals surface area contributed by atoms with Crippen molar-refractivity contribution in [2.75, 3.05) is 0 Å². The van der Waals surface area contributed by atoms with E-state index in [1.54, 1.807) is 12.1 Å². The zero-order valence-corrected chi connectivity index (χ0v) is 19.4. The standard InChI is InChI=1S/C21H23F6NO4S2/c22-14-7-10-16(11-8-14)34(31,32)28-17(5-3-13-20(23,24)21(25,26)27)18-12-9-15(33-18)4-1-2-6-19(29)30/h7-12,17,28H,1-6,13H2,(H,29,30). The number of rotatable bonds is 13. The number of aliphatic carboxylic acids is 1. The summed E-state index contributed by atoms with van der Waals surface area (Å²) in [5, 5.41) is 8.69. The number of aryl methyl sites for hydroxylation is 1. The van der Waals surface area contributed by atoms with E-state index in [1.165, 1.54) is 0 Å². The Labute approximate surface area is 196 Å². The van der Waals surface area contributed by atoms with Crippen LogP contribution in [-0.4, -0.2) is 31.6 Å². The fourth-order valence-electron chi connectivity index (χ4n) is 3.09. The molecule has 13 heteroatoms. The molecule has 0 saturated carbocycles. The second-order valence-corrected chi connectivity index (χ2v) is 10.5. The van der Waals surface area contributed by atoms with Gasteiger partial charge in [-0.3, -0.25) is 4.79 Å². The summed E-state index contributed by atoms with van der Waals surface area (Å²) < 4.78 is 105. The van der Waals surface area contributed by atoms with Gasteiger partial charge in [0.1, 0.15) is 5.82 Å². The minimum Gasteiger partial charge on any atom is -0.481 e. The topological polar surface area (TPSA) is 83.5 Å². The Morgan fingerprint density at radius 1 is 1.00 bits per heavy atom. The molecule has 2 aromatic rings. The first-order valence-corrected chi connectivity index (χ1v) is 12.5. The number of unbranched alkanes of at least 4 members (excludes halogenated alkanes) is 1. The Bertz CT molecular complexity index is 1050. The third kappa shape index (κ3) is 8.27. The van der Waals surface area contributed by atoms with Crippen molar-refractivity contribution < 1.29 is 44.7 Å². The number of nitrogens with one attached hydrogen (secondary N) is 1. The molecule has 1 atom stereocenters. The molecule has 1 unspecified atom stereocenters. The van der Waals surface area contributed by atoms with Gasteiger partial charge in [0.05, 0.1) is 10.9 Å². The van der Waals surface area contributed by atoms with Crippen LogP contribution in [0.1, 0.15) is 54.3 Å². The summed E-state index contributed by atoms with van der Waals surface area (Å²) in [6.07, 6.45) is -6.68. The summed E-state index contributed by atoms with van der Waals surface area (Å²) >= 11 is 1.16. The Balaban J connectivity index is 2.17. The quantitative estimate of drug-likeness (QED) is 0.243. The number of hydrogen-bond acceptors (Lipinski definition) is 4. The Kier molecular flexibility index (Phi) is 9.54. The fraction of sp³-hybridized carbons (Fsp3) is 0.476. The molecule has 0 saturated heterocycles. The van der Waals surface area contributed by atoms with Gasteiger partial charge in [0.2, 0.25) is 10.0 Å². The van der Waals surface area contributed by atoms with E-state index in [0.29, 0.717) is 24.1 Å². The van der Waals surface area contributed by atoms with Gasteiger partial charge in [-0.05, 0) is 68.5 Å². The van der Waals surface area contributed by atoms with E-state index in [0.717, 1.165) is 40.5 Å². The van der Waals surface area contributed by atoms with Crippen LogP contribution >= 0.6 is 11.3 Å². The number of sulfonamides is 1. The third-order valence-electron chi connectivity index (χ3n) is 4.91. The number of halogens is 6. The van der Waals surface area contributed by atoms with Gasteiger partial charge in [0, 0.05) is 22.6 Å². The van der Waals surface area contributed by atoms with E-state index < -0.39 is 52.8 Å². The summed E-state index contributed by atoms with van der Waals surface area (Å²) in [6.45, 7) is 0. The molecule has 34 heavy (non-hydrogen) atoms. The van der Waals surface area contributed by atoms with Crippen molar-refractivity contribution >= 4 is 27.3 Å². The summed E-state index contributed by atoms with van der Waals surface area (Å²) in [6, 6.07) is 6.00. The normalized spacial score (nSPS) is 13.7. The smallest absolute Gasteiger partial charge is 0.453 e. The molecular weight excluding hydrogens is 508 g/mol. The molecule has 0 aliphatic carbocycles. The van der Waals surface area contributed by atoms with Crippen molar-refractivity contribution in [3.63, 3.8) is 0 Å². The van der Waals surface area contributed by atoms with Gasteiger partial charge in [-0.15, -0.1) is 11.3 Å². The number of thiophene rings is 1. The number of benzene rings is 1. The lowest BCUT2D eigenvalue weighted by Gasteiger charge is -2.22. The first-order valence-electron chi connectivity index (χ1n) is 10.2. The number of carboxylic acid groups (broad SMARTS) is 1. The third-order valence-corrected chi connectivity index (χ3v) is 7.66. The van der Waals surface area contributed by atoms with E-state index in [4.69, 9.17) is 5.11 Å². The van der Waals surface area contributed by atoms with Crippen molar-refractivity contribution in [2.45, 2.75) is 68.0 Å². The molecule has 190 valence electrons. The predicted molar refractivity (Wildman–Crippen MR) is 114 cm³/mol. The molecule has 2 rings (SSSR count). The highest BCUT2D eigenvalue weighted by Gasteiger charge is 2.56. The average Bonchev–Trinajstić information content (AvgIpc) is 3.18. The first kappa shape index (κ1) is 28.1. The lowest BCUT2D eigenvalue weighted by molar-refractivity contribution is -0.284. The molecule has 0 spiro atoms. The molecule has 1 heterocycles. The monoisotopic (exact) mass is 531 g/mol. The van der Waals surface area contributed by atoms with Gasteiger partial charge >= 0.3 is 18.1 Å². The Hall–Kier alpha value is -2.12. The van der Waals surface area contributed by atoms with Crippen LogP contribution in [0.15, 0.2) is 41.3 Å². The maximum Gasteiger partial charge on any atom is 0.453 e. The van der Waals surface area contributed by atoms with Gasteiger partial charge in [-0.25, -0.2) is 17.5 Å². The second kappa shape index (κ2) is 11.5. The minimum atomic E-state index is -5.71. The first-order chi connectivity index (χ1) is 15.7. The minimum absolute atomic E-state index is 0.00819. The molecule has 0 radical (unpaired) electrons. The molecule has 0 aliphatic rings. The van der Waals surface area contributed by atoms with Gasteiger partial charge < -0.3 is 5.11 Å². The molecule has 0 fully saturated rings. The Morgan fingerprint density at radius 3 is 2.24 bits per heavy atom. The Morgan fingerprint density at radius 2 is 1.65 bits per heavy atom. The molecule has 2 N–H and O–H groups in total. The highest BCUT2D eigenvalue weighted by molar-refractivity contribution is 7.89. The van der Waals surface area contributed by atoms with E-state index in [9.17, 15) is 39.6 Å². The SMILES string of the molecule is O=C(O)CCCCc1ccc(C(CCCC(F)(F)C(F)(F)F)NS(=O)(=O)c2ccc(F)cc2)s1. The van der Waals surface area contributed by atoms with Gasteiger partial charge in [0.25, 0.3) is 0 Å². The summed E-state index contributed by atoms with van der Waals surface area (Å²) in [5.41, 5.74) is 0. The van der Waals surface area contributed by atoms with Crippen LogP contribution in [0, 0.1) is 5.82 Å². The van der Waals surface area contributed by atoms with Gasteiger partial charge in [-0.1, -0.05) is 0 Å². The average molecular weight is 532 g/mol. The van der Waals surface area contributed by atoms with Crippen molar-refractivity contribution in [1.29, 1.82) is 0 Å². The molecule has 0 aliphatic heterocycles. The summed E-state index contributed by atoms with van der Waals surface area (Å²) in [4.78, 5) is 11.5. The maximum atomic E-state index is 13.3. The maximum absolute atomic E-state index is 13.3. The van der Waals surface area contributed by atoms with Crippen molar-refractivity contribution in [3.8, 4) is 0 Å². The van der Waals surface area contributed by atoms with Crippen LogP contribution < -0.4 is 4.72 Å². The van der Waals surface area contributed by atoms with E-state index in [-0.39, 0.29) is 17.7 Å². The summed E-state index contributed by atoms with van der Waals surface area (Å²) in [5.74, 6) is -6.51. The molecular formula is C21H23F6NO4S2. The molecule has 1 aromatic heterocycles. The van der Waals surface area contributed by atoms with Crippen LogP contribution in [0.2, 0.25) is 0 Å². The van der Waals surface area contributed by atoms with Crippen LogP contribution in [0.3, 0.4) is 0 Å². The molecule has 0 bridgehead atoms. The number of carbonyl (C=O) groups is 1. The highest BCUT2D eigenvalue weighted by Crippen LogP contribution is 2.40. The number of carboxylic acids is 1. The van der Waals surface area contributed by atoms with Crippen molar-refractivity contribution in [2.24, 2.45) is 0 Å². The molecule has 5 nitrogen and oxygen atoms in total. The number of alkyl halides is 5. The highest BCUT2D eigenvalue weighted by atomic mass is 32.2. The second-order valence-electron chi connectivity index (χ2n) is 7.63. The fourth-order valence-corrected chi connectivity index (χ4v) is 5.55. The van der Waals surface area contributed by atoms with Crippen LogP contribution in [-0.2, 0) is 21.2 Å². The lowest BCUT2D eigenvalue weighted by Crippen LogP contribution is -2.36. The largest absolute Gasteiger partial charge is 0.481 e. The van der Waals surface area contributed by atoms with Crippen molar-refractivity contribution in [3.05, 3.63) is 52.0 Å². The van der Waals surface area contributed by atoms with E-state index >= 15 is 0 Å². The van der Waals surface area contributed by atoms with Crippen molar-refractivity contribution in [1.82, 2.24) is 4.72 Å². The van der Waals surface area contributed by atoms with Crippen LogP contribution in [0.5, 0.6) is 0 Å². The summed E-state index contributed by atoms with van der Waals surface area (Å²) in [7, 11) is -4.22. The lowest BCUT2D eigenvalue weighted by atomic mass is 10.1. The van der Waals surface area contributed by atoms with E-state index in [2.05, 4.69) is 4.72 Å². The number of hydrogen-bond donors (Lipinski definition) is 2. The molecule has 1 aromatic carbocycles. The zero-order valence-electron chi connectivity index (χ0n) is 17.7. The van der Waals surface area contributed by atoms with Gasteiger partial charge in [-0.2, -0.15) is 22.0 Å². The van der Waals surface area contributed by atoms with Crippen LogP contribution in [0.25, 0.3) is 0 Å². The molecule has 0 amide bonds. The van der Waals surface area contributed by atoms with E-state index in [1.807, 2.05) is 0 Å².